The zero-order valence-corrected chi connectivity index (χ0v) is 24.6. The van der Waals surface area contributed by atoms with Crippen molar-refractivity contribution in [2.75, 3.05) is 32.8 Å². The van der Waals surface area contributed by atoms with E-state index in [0.29, 0.717) is 31.9 Å². The van der Waals surface area contributed by atoms with Crippen LogP contribution in [0, 0.1) is 0 Å². The molecule has 0 aliphatic carbocycles. The van der Waals surface area contributed by atoms with Crippen molar-refractivity contribution in [2.45, 2.75) is 63.8 Å². The fraction of sp³-hybridized carbons (Fsp3) is 0.484. The average molecular weight is 613 g/mol. The highest BCUT2D eigenvalue weighted by atomic mass is 19.4. The number of fused-ring (bicyclic) bond motifs is 3. The number of nitrogens with zero attached hydrogens (tertiary/aromatic N) is 6. The Morgan fingerprint density at radius 3 is 2.59 bits per heavy atom. The predicted octanol–water partition coefficient (Wildman–Crippen LogP) is 3.46. The molecule has 0 spiro atoms. The Labute approximate surface area is 253 Å². The zero-order chi connectivity index (χ0) is 31.0. The van der Waals surface area contributed by atoms with Crippen LogP contribution in [0.4, 0.5) is 13.2 Å². The quantitative estimate of drug-likeness (QED) is 0.421. The topological polar surface area (TPSA) is 93.0 Å². The molecule has 2 saturated heterocycles. The summed E-state index contributed by atoms with van der Waals surface area (Å²) in [6, 6.07) is 11.8. The van der Waals surface area contributed by atoms with Crippen LogP contribution in [0.3, 0.4) is 0 Å². The minimum atomic E-state index is -4.65. The summed E-state index contributed by atoms with van der Waals surface area (Å²) in [7, 11) is 0. The van der Waals surface area contributed by atoms with Gasteiger partial charge in [0.1, 0.15) is 24.1 Å². The van der Waals surface area contributed by atoms with Crippen LogP contribution in [0.15, 0.2) is 54.7 Å². The lowest BCUT2D eigenvalue weighted by atomic mass is 10.0. The largest absolute Gasteiger partial charge is 0.491 e. The number of piperazine rings is 1. The fourth-order valence-electron chi connectivity index (χ4n) is 6.14. The van der Waals surface area contributed by atoms with Gasteiger partial charge < -0.3 is 19.3 Å². The monoisotopic (exact) mass is 612 g/mol. The normalized spacial score (nSPS) is 22.9. The van der Waals surface area contributed by atoms with Gasteiger partial charge in [0.2, 0.25) is 5.91 Å². The van der Waals surface area contributed by atoms with Crippen molar-refractivity contribution in [3.8, 4) is 5.75 Å². The first-order chi connectivity index (χ1) is 21.1. The molecule has 2 aromatic carbocycles. The Morgan fingerprint density at radius 1 is 1.05 bits per heavy atom. The average Bonchev–Trinajstić information content (AvgIpc) is 3.64. The molecule has 0 N–H and O–H groups in total. The van der Waals surface area contributed by atoms with Gasteiger partial charge in [0.25, 0.3) is 5.91 Å². The van der Waals surface area contributed by atoms with Gasteiger partial charge in [0, 0.05) is 38.6 Å². The van der Waals surface area contributed by atoms with E-state index < -0.39 is 29.8 Å². The molecule has 10 nitrogen and oxygen atoms in total. The Morgan fingerprint density at radius 2 is 1.84 bits per heavy atom. The third-order valence-corrected chi connectivity index (χ3v) is 8.55. The van der Waals surface area contributed by atoms with Crippen molar-refractivity contribution >= 4 is 11.8 Å². The number of aromatic nitrogens is 3. The predicted molar refractivity (Wildman–Crippen MR) is 153 cm³/mol. The van der Waals surface area contributed by atoms with Gasteiger partial charge in [0.15, 0.2) is 0 Å². The number of carbonyl (C=O) groups excluding carboxylic acids is 2. The fourth-order valence-corrected chi connectivity index (χ4v) is 6.14. The molecule has 0 radical (unpaired) electrons. The molecule has 234 valence electrons. The van der Waals surface area contributed by atoms with Gasteiger partial charge in [-0.05, 0) is 37.6 Å². The van der Waals surface area contributed by atoms with Crippen LogP contribution in [0.1, 0.15) is 47.4 Å². The van der Waals surface area contributed by atoms with Gasteiger partial charge in [-0.25, -0.2) is 4.68 Å². The van der Waals surface area contributed by atoms with E-state index in [4.69, 9.17) is 9.47 Å². The Kier molecular flexibility index (Phi) is 8.34. The second kappa shape index (κ2) is 12.2. The van der Waals surface area contributed by atoms with E-state index in [1.54, 1.807) is 15.8 Å². The molecule has 2 amide bonds. The summed E-state index contributed by atoms with van der Waals surface area (Å²) in [6.45, 7) is 6.59. The number of hydrogen-bond acceptors (Lipinski definition) is 7. The van der Waals surface area contributed by atoms with Crippen molar-refractivity contribution in [2.24, 2.45) is 0 Å². The van der Waals surface area contributed by atoms with Crippen molar-refractivity contribution < 1.29 is 32.2 Å². The Bertz CT molecular complexity index is 1500. The lowest BCUT2D eigenvalue weighted by molar-refractivity contribution is -0.142. The number of hydrogen-bond donors (Lipinski definition) is 0. The second-order valence-corrected chi connectivity index (χ2v) is 11.8. The van der Waals surface area contributed by atoms with E-state index in [1.807, 2.05) is 30.3 Å². The van der Waals surface area contributed by atoms with Gasteiger partial charge in [-0.15, -0.1) is 5.10 Å². The summed E-state index contributed by atoms with van der Waals surface area (Å²) < 4.78 is 54.8. The summed E-state index contributed by atoms with van der Waals surface area (Å²) in [5, 5.41) is 8.36. The molecule has 0 bridgehead atoms. The number of benzene rings is 2. The van der Waals surface area contributed by atoms with Crippen molar-refractivity contribution in [3.05, 3.63) is 77.1 Å². The first-order valence-corrected chi connectivity index (χ1v) is 14.8. The molecule has 2 fully saturated rings. The van der Waals surface area contributed by atoms with Crippen molar-refractivity contribution in [1.82, 2.24) is 29.7 Å². The summed E-state index contributed by atoms with van der Waals surface area (Å²) in [4.78, 5) is 33.3. The first-order valence-electron chi connectivity index (χ1n) is 14.8. The van der Waals surface area contributed by atoms with Crippen LogP contribution in [0.5, 0.6) is 5.75 Å². The van der Waals surface area contributed by atoms with Crippen LogP contribution in [-0.2, 0) is 28.9 Å². The van der Waals surface area contributed by atoms with Gasteiger partial charge in [-0.1, -0.05) is 35.5 Å². The maximum absolute atomic E-state index is 14.0. The lowest BCUT2D eigenvalue weighted by Gasteiger charge is -2.44. The van der Waals surface area contributed by atoms with Crippen LogP contribution >= 0.6 is 0 Å². The van der Waals surface area contributed by atoms with Gasteiger partial charge in [0.05, 0.1) is 42.6 Å². The van der Waals surface area contributed by atoms with E-state index in [0.717, 1.165) is 17.7 Å². The van der Waals surface area contributed by atoms with Gasteiger partial charge in [-0.2, -0.15) is 13.2 Å². The Hall–Kier alpha value is -3.97. The van der Waals surface area contributed by atoms with Crippen LogP contribution < -0.4 is 4.74 Å². The SMILES string of the molecule is CC(C)N1CCN2C(=O)[C@@H]3C[C@@H](OCc4cn(Cc5ccccc5)nn4)CN3C(=O)c3cc(C(F)(F)F)ccc3OC[C@@H]2C1. The van der Waals surface area contributed by atoms with E-state index in [1.165, 1.54) is 11.0 Å². The van der Waals surface area contributed by atoms with Crippen LogP contribution in [0.2, 0.25) is 0 Å². The van der Waals surface area contributed by atoms with Crippen molar-refractivity contribution in [1.29, 1.82) is 0 Å². The molecule has 3 aromatic rings. The third-order valence-electron chi connectivity index (χ3n) is 8.55. The van der Waals surface area contributed by atoms with E-state index in [-0.39, 0.29) is 55.5 Å². The molecule has 0 saturated carbocycles. The van der Waals surface area contributed by atoms with E-state index in [9.17, 15) is 22.8 Å². The minimum absolute atomic E-state index is 0.0414. The minimum Gasteiger partial charge on any atom is -0.491 e. The summed E-state index contributed by atoms with van der Waals surface area (Å²) >= 11 is 0. The molecule has 4 heterocycles. The number of carbonyl (C=O) groups is 2. The molecule has 3 aliphatic heterocycles. The maximum Gasteiger partial charge on any atom is 0.416 e. The molecule has 6 rings (SSSR count). The summed E-state index contributed by atoms with van der Waals surface area (Å²) in [6.07, 6.45) is -3.18. The summed E-state index contributed by atoms with van der Waals surface area (Å²) in [5.41, 5.74) is 0.486. The smallest absolute Gasteiger partial charge is 0.416 e. The standard InChI is InChI=1S/C31H35F3N6O4/c1-20(2)37-10-11-39-24(16-37)19-44-28-9-8-22(31(32,33)34)12-26(28)29(41)40-17-25(13-27(40)30(39)42)43-18-23-15-38(36-35-23)14-21-6-4-3-5-7-21/h3-9,12,15,20,24-25,27H,10-11,13-14,16-19H2,1-2H3/t24-,25+,27-/m0/s1. The lowest BCUT2D eigenvalue weighted by Crippen LogP contribution is -2.62. The number of ether oxygens (including phenoxy) is 2. The number of halogens is 3. The third kappa shape index (κ3) is 6.29. The molecule has 13 heteroatoms. The Balaban J connectivity index is 1.24. The zero-order valence-electron chi connectivity index (χ0n) is 24.6. The van der Waals surface area contributed by atoms with E-state index in [2.05, 4.69) is 29.1 Å². The van der Waals surface area contributed by atoms with E-state index >= 15 is 0 Å². The van der Waals surface area contributed by atoms with Gasteiger partial charge >= 0.3 is 6.18 Å². The molecule has 0 unspecified atom stereocenters. The number of amides is 2. The molecule has 3 aliphatic rings. The molecule has 3 atom stereocenters. The number of alkyl halides is 3. The van der Waals surface area contributed by atoms with Crippen LogP contribution in [-0.4, -0.2) is 98.5 Å². The highest BCUT2D eigenvalue weighted by molar-refractivity contribution is 6.00. The number of rotatable bonds is 6. The molecular weight excluding hydrogens is 577 g/mol. The first kappa shape index (κ1) is 30.1. The molecular formula is C31H35F3N6O4. The second-order valence-electron chi connectivity index (χ2n) is 11.8. The van der Waals surface area contributed by atoms with Gasteiger partial charge in [-0.3, -0.25) is 14.5 Å². The summed E-state index contributed by atoms with van der Waals surface area (Å²) in [5.74, 6) is -0.869. The molecule has 1 aromatic heterocycles. The van der Waals surface area contributed by atoms with Crippen LogP contribution in [0.25, 0.3) is 0 Å². The maximum atomic E-state index is 14.0. The highest BCUT2D eigenvalue weighted by Gasteiger charge is 2.46. The molecule has 44 heavy (non-hydrogen) atoms. The van der Waals surface area contributed by atoms with Crippen molar-refractivity contribution in [3.63, 3.8) is 0 Å². The highest BCUT2D eigenvalue weighted by Crippen LogP contribution is 2.36.